The molecule has 0 spiro atoms. The predicted octanol–water partition coefficient (Wildman–Crippen LogP) is 7.25. The number of rotatable bonds is 6. The number of para-hydroxylation sites is 2. The van der Waals surface area contributed by atoms with Crippen LogP contribution in [-0.2, 0) is 0 Å². The van der Waals surface area contributed by atoms with Crippen molar-refractivity contribution < 1.29 is 9.47 Å². The van der Waals surface area contributed by atoms with Gasteiger partial charge in [0.2, 0.25) is 0 Å². The smallest absolute Gasteiger partial charge is 0.126 e. The van der Waals surface area contributed by atoms with Gasteiger partial charge in [0.1, 0.15) is 11.5 Å². The van der Waals surface area contributed by atoms with Gasteiger partial charge in [-0.25, -0.2) is 0 Å². The lowest BCUT2D eigenvalue weighted by atomic mass is 9.99. The number of allylic oxidation sites excluding steroid dienone is 1. The molecule has 1 aliphatic rings. The second-order valence-electron chi connectivity index (χ2n) is 7.07. The normalized spacial score (nSPS) is 15.9. The van der Waals surface area contributed by atoms with Gasteiger partial charge in [0.25, 0.3) is 0 Å². The van der Waals surface area contributed by atoms with Crippen LogP contribution in [-0.4, -0.2) is 19.9 Å². The van der Waals surface area contributed by atoms with Crippen molar-refractivity contribution in [3.63, 3.8) is 0 Å². The minimum atomic E-state index is 0.0194. The SMILES string of the molecule is COc1ccccc1/C=C\C1=NN(c2ccc(Br)cc2Br)[C@@H](c2ccccc2OC)C1. The third kappa shape index (κ3) is 4.70. The van der Waals surface area contributed by atoms with Gasteiger partial charge in [0.05, 0.1) is 31.7 Å². The van der Waals surface area contributed by atoms with Gasteiger partial charge in [-0.15, -0.1) is 0 Å². The van der Waals surface area contributed by atoms with Gasteiger partial charge in [-0.3, -0.25) is 5.01 Å². The fraction of sp³-hybridized carbons (Fsp3) is 0.160. The molecule has 158 valence electrons. The highest BCUT2D eigenvalue weighted by Crippen LogP contribution is 2.42. The van der Waals surface area contributed by atoms with Crippen molar-refractivity contribution >= 4 is 49.3 Å². The van der Waals surface area contributed by atoms with E-state index < -0.39 is 0 Å². The van der Waals surface area contributed by atoms with Gasteiger partial charge < -0.3 is 9.47 Å². The van der Waals surface area contributed by atoms with Crippen molar-refractivity contribution in [2.75, 3.05) is 19.2 Å². The first-order valence-corrected chi connectivity index (χ1v) is 11.4. The van der Waals surface area contributed by atoms with E-state index in [0.29, 0.717) is 0 Å². The van der Waals surface area contributed by atoms with Gasteiger partial charge in [0, 0.05) is 26.5 Å². The molecule has 0 saturated carbocycles. The van der Waals surface area contributed by atoms with Crippen molar-refractivity contribution in [3.8, 4) is 11.5 Å². The second kappa shape index (κ2) is 9.71. The molecule has 0 aliphatic carbocycles. The van der Waals surface area contributed by atoms with Crippen molar-refractivity contribution in [1.29, 1.82) is 0 Å². The van der Waals surface area contributed by atoms with E-state index in [1.54, 1.807) is 14.2 Å². The summed E-state index contributed by atoms with van der Waals surface area (Å²) in [5.41, 5.74) is 4.10. The lowest BCUT2D eigenvalue weighted by Gasteiger charge is -2.26. The quantitative estimate of drug-likeness (QED) is 0.329. The summed E-state index contributed by atoms with van der Waals surface area (Å²) < 4.78 is 13.1. The Morgan fingerprint density at radius 2 is 1.61 bits per heavy atom. The van der Waals surface area contributed by atoms with Crippen LogP contribution in [0, 0.1) is 0 Å². The largest absolute Gasteiger partial charge is 0.496 e. The number of hydrazone groups is 1. The van der Waals surface area contributed by atoms with Gasteiger partial charge in [0.15, 0.2) is 0 Å². The van der Waals surface area contributed by atoms with Gasteiger partial charge in [-0.2, -0.15) is 5.10 Å². The van der Waals surface area contributed by atoms with Gasteiger partial charge >= 0.3 is 0 Å². The van der Waals surface area contributed by atoms with E-state index in [1.807, 2.05) is 54.6 Å². The summed E-state index contributed by atoms with van der Waals surface area (Å²) in [6.07, 6.45) is 4.87. The maximum absolute atomic E-state index is 5.65. The van der Waals surface area contributed by atoms with Crippen LogP contribution in [0.15, 0.2) is 86.9 Å². The predicted molar refractivity (Wildman–Crippen MR) is 134 cm³/mol. The third-order valence-electron chi connectivity index (χ3n) is 5.18. The Labute approximate surface area is 199 Å². The zero-order valence-electron chi connectivity index (χ0n) is 17.3. The summed E-state index contributed by atoms with van der Waals surface area (Å²) >= 11 is 7.24. The van der Waals surface area contributed by atoms with Crippen LogP contribution < -0.4 is 14.5 Å². The highest BCUT2D eigenvalue weighted by Gasteiger charge is 2.31. The Kier molecular flexibility index (Phi) is 6.78. The minimum absolute atomic E-state index is 0.0194. The Hall–Kier alpha value is -2.57. The summed E-state index contributed by atoms with van der Waals surface area (Å²) in [5.74, 6) is 1.70. The molecule has 4 rings (SSSR count). The average molecular weight is 542 g/mol. The van der Waals surface area contributed by atoms with Crippen molar-refractivity contribution in [2.24, 2.45) is 5.10 Å². The lowest BCUT2D eigenvalue weighted by Crippen LogP contribution is -2.19. The van der Waals surface area contributed by atoms with Crippen LogP contribution in [0.2, 0.25) is 0 Å². The highest BCUT2D eigenvalue weighted by atomic mass is 79.9. The Morgan fingerprint density at radius 3 is 2.35 bits per heavy atom. The Morgan fingerprint density at radius 1 is 0.903 bits per heavy atom. The Bertz CT molecular complexity index is 1140. The molecule has 31 heavy (non-hydrogen) atoms. The van der Waals surface area contributed by atoms with Crippen LogP contribution in [0.25, 0.3) is 6.08 Å². The maximum atomic E-state index is 5.65. The van der Waals surface area contributed by atoms with E-state index in [2.05, 4.69) is 61.2 Å². The van der Waals surface area contributed by atoms with Gasteiger partial charge in [-0.1, -0.05) is 52.3 Å². The topological polar surface area (TPSA) is 34.1 Å². The minimum Gasteiger partial charge on any atom is -0.496 e. The first kappa shape index (κ1) is 21.7. The summed E-state index contributed by atoms with van der Waals surface area (Å²) in [6, 6.07) is 22.2. The van der Waals surface area contributed by atoms with E-state index in [4.69, 9.17) is 14.6 Å². The second-order valence-corrected chi connectivity index (χ2v) is 8.84. The number of halogens is 2. The fourth-order valence-electron chi connectivity index (χ4n) is 3.70. The number of hydrogen-bond donors (Lipinski definition) is 0. The number of benzene rings is 3. The third-order valence-corrected chi connectivity index (χ3v) is 6.31. The standard InChI is InChI=1S/C25H22Br2N2O2/c1-30-24-9-5-3-7-17(24)11-13-19-16-23(20-8-4-6-10-25(20)31-2)29(28-19)22-14-12-18(26)15-21(22)27/h3-15,23H,16H2,1-2H3/b13-11-/t23-/m1/s1. The maximum Gasteiger partial charge on any atom is 0.126 e. The highest BCUT2D eigenvalue weighted by molar-refractivity contribution is 9.11. The molecule has 3 aromatic rings. The number of nitrogens with zero attached hydrogens (tertiary/aromatic N) is 2. The lowest BCUT2D eigenvalue weighted by molar-refractivity contribution is 0.405. The fourth-order valence-corrected chi connectivity index (χ4v) is 4.93. The van der Waals surface area contributed by atoms with Crippen LogP contribution >= 0.6 is 31.9 Å². The summed E-state index contributed by atoms with van der Waals surface area (Å²) in [4.78, 5) is 0. The van der Waals surface area contributed by atoms with E-state index in [1.165, 1.54) is 0 Å². The van der Waals surface area contributed by atoms with E-state index in [-0.39, 0.29) is 6.04 Å². The first-order valence-electron chi connectivity index (χ1n) is 9.86. The van der Waals surface area contributed by atoms with Crippen molar-refractivity contribution in [1.82, 2.24) is 0 Å². The summed E-state index contributed by atoms with van der Waals surface area (Å²) in [6.45, 7) is 0. The zero-order chi connectivity index (χ0) is 21.8. The van der Waals surface area contributed by atoms with Crippen LogP contribution in [0.4, 0.5) is 5.69 Å². The summed E-state index contributed by atoms with van der Waals surface area (Å²) in [5, 5.41) is 7.04. The molecule has 0 amide bonds. The molecule has 1 atom stereocenters. The molecule has 0 unspecified atom stereocenters. The van der Waals surface area contributed by atoms with Gasteiger partial charge in [-0.05, 0) is 58.4 Å². The Balaban J connectivity index is 1.73. The molecule has 6 heteroatoms. The van der Waals surface area contributed by atoms with Crippen LogP contribution in [0.5, 0.6) is 11.5 Å². The van der Waals surface area contributed by atoms with E-state index >= 15 is 0 Å². The molecule has 1 aliphatic heterocycles. The van der Waals surface area contributed by atoms with Crippen LogP contribution in [0.1, 0.15) is 23.6 Å². The number of anilines is 1. The molecule has 0 N–H and O–H groups in total. The van der Waals surface area contributed by atoms with Crippen LogP contribution in [0.3, 0.4) is 0 Å². The molecule has 0 bridgehead atoms. The van der Waals surface area contributed by atoms with Crippen molar-refractivity contribution in [3.05, 3.63) is 92.9 Å². The molecular formula is C25H22Br2N2O2. The molecule has 0 saturated heterocycles. The summed E-state index contributed by atoms with van der Waals surface area (Å²) in [7, 11) is 3.39. The first-order chi connectivity index (χ1) is 15.1. The molecule has 0 fully saturated rings. The zero-order valence-corrected chi connectivity index (χ0v) is 20.4. The molecule has 3 aromatic carbocycles. The molecule has 4 nitrogen and oxygen atoms in total. The average Bonchev–Trinajstić information content (AvgIpc) is 3.21. The molecule has 0 aromatic heterocycles. The van der Waals surface area contributed by atoms with E-state index in [9.17, 15) is 0 Å². The van der Waals surface area contributed by atoms with E-state index in [0.717, 1.165) is 49.4 Å². The number of methoxy groups -OCH3 is 2. The number of hydrogen-bond acceptors (Lipinski definition) is 4. The monoisotopic (exact) mass is 540 g/mol. The molecule has 1 heterocycles. The van der Waals surface area contributed by atoms with Crippen molar-refractivity contribution in [2.45, 2.75) is 12.5 Å². The molecular weight excluding hydrogens is 520 g/mol. The number of ether oxygens (including phenoxy) is 2. The molecule has 0 radical (unpaired) electrons.